The summed E-state index contributed by atoms with van der Waals surface area (Å²) in [6, 6.07) is 0. The van der Waals surface area contributed by atoms with Crippen molar-refractivity contribution in [2.24, 2.45) is 7.05 Å². The van der Waals surface area contributed by atoms with Gasteiger partial charge >= 0.3 is 0 Å². The lowest BCUT2D eigenvalue weighted by Gasteiger charge is -1.99. The van der Waals surface area contributed by atoms with Crippen molar-refractivity contribution < 1.29 is 4.79 Å². The lowest BCUT2D eigenvalue weighted by molar-refractivity contribution is 0.0960. The molecule has 0 aromatic carbocycles. The number of carbonyl (C=O) groups excluding carboxylic acids is 1. The number of rotatable bonds is 1. The summed E-state index contributed by atoms with van der Waals surface area (Å²) < 4.78 is 1.25. The zero-order chi connectivity index (χ0) is 9.14. The van der Waals surface area contributed by atoms with E-state index in [1.54, 1.807) is 7.05 Å². The number of aromatic nitrogens is 2. The summed E-state index contributed by atoms with van der Waals surface area (Å²) in [7, 11) is 3.01. The normalized spacial score (nSPS) is 9.50. The van der Waals surface area contributed by atoms with Crippen LogP contribution in [0.3, 0.4) is 0 Å². The third-order valence-electron chi connectivity index (χ3n) is 1.47. The largest absolute Gasteiger partial charge is 0.355 e. The Balaban J connectivity index is 3.26. The maximum atomic E-state index is 11.2. The van der Waals surface area contributed by atoms with Gasteiger partial charge in [-0.3, -0.25) is 9.59 Å². The number of nitrogens with zero attached hydrogens (tertiary/aromatic N) is 2. The van der Waals surface area contributed by atoms with Gasteiger partial charge in [-0.25, -0.2) is 4.98 Å². The van der Waals surface area contributed by atoms with Crippen molar-refractivity contribution in [3.8, 4) is 0 Å². The van der Waals surface area contributed by atoms with E-state index in [4.69, 9.17) is 0 Å². The van der Waals surface area contributed by atoms with E-state index in [1.165, 1.54) is 24.1 Å². The number of nitrogens with one attached hydrogen (secondary N) is 1. The first-order valence-corrected chi connectivity index (χ1v) is 3.39. The number of amides is 1. The van der Waals surface area contributed by atoms with Gasteiger partial charge in [0, 0.05) is 20.3 Å². The molecule has 0 fully saturated rings. The fourth-order valence-electron chi connectivity index (χ4n) is 0.796. The zero-order valence-corrected chi connectivity index (χ0v) is 6.87. The Morgan fingerprint density at radius 3 is 2.92 bits per heavy atom. The minimum Gasteiger partial charge on any atom is -0.355 e. The molecule has 0 bridgehead atoms. The van der Waals surface area contributed by atoms with Crippen LogP contribution in [-0.2, 0) is 7.05 Å². The highest BCUT2D eigenvalue weighted by Gasteiger charge is 2.08. The highest BCUT2D eigenvalue weighted by atomic mass is 16.2. The van der Waals surface area contributed by atoms with E-state index in [9.17, 15) is 9.59 Å². The van der Waals surface area contributed by atoms with E-state index < -0.39 is 5.91 Å². The van der Waals surface area contributed by atoms with Gasteiger partial charge in [0.15, 0.2) is 0 Å². The molecule has 1 aromatic rings. The van der Waals surface area contributed by atoms with Gasteiger partial charge in [0.05, 0.1) is 6.33 Å². The molecule has 0 saturated carbocycles. The lowest BCUT2D eigenvalue weighted by atomic mass is 10.3. The summed E-state index contributed by atoms with van der Waals surface area (Å²) in [4.78, 5) is 26.0. The third-order valence-corrected chi connectivity index (χ3v) is 1.47. The first kappa shape index (κ1) is 8.45. The summed E-state index contributed by atoms with van der Waals surface area (Å²) in [6.07, 6.45) is 2.61. The molecule has 1 amide bonds. The topological polar surface area (TPSA) is 64.0 Å². The van der Waals surface area contributed by atoms with Crippen molar-refractivity contribution in [3.05, 3.63) is 28.4 Å². The minimum absolute atomic E-state index is 0.0579. The SMILES string of the molecule is CNC(=O)c1cncn(C)c1=O. The van der Waals surface area contributed by atoms with Crippen molar-refractivity contribution >= 4 is 5.91 Å². The molecule has 0 aliphatic rings. The molecule has 1 rings (SSSR count). The van der Waals surface area contributed by atoms with Crippen molar-refractivity contribution in [1.82, 2.24) is 14.9 Å². The quantitative estimate of drug-likeness (QED) is 0.592. The summed E-state index contributed by atoms with van der Waals surface area (Å²) in [6.45, 7) is 0. The van der Waals surface area contributed by atoms with E-state index in [2.05, 4.69) is 10.3 Å². The summed E-state index contributed by atoms with van der Waals surface area (Å²) in [5, 5.41) is 2.36. The van der Waals surface area contributed by atoms with Crippen LogP contribution in [0, 0.1) is 0 Å². The molecule has 1 aromatic heterocycles. The predicted molar refractivity (Wildman–Crippen MR) is 42.9 cm³/mol. The highest BCUT2D eigenvalue weighted by Crippen LogP contribution is 1.85. The third kappa shape index (κ3) is 1.34. The van der Waals surface area contributed by atoms with Crippen LogP contribution >= 0.6 is 0 Å². The maximum Gasteiger partial charge on any atom is 0.265 e. The second-order valence-corrected chi connectivity index (χ2v) is 2.30. The van der Waals surface area contributed by atoms with Gasteiger partial charge in [0.1, 0.15) is 5.56 Å². The van der Waals surface area contributed by atoms with Crippen molar-refractivity contribution in [1.29, 1.82) is 0 Å². The van der Waals surface area contributed by atoms with Crippen LogP contribution in [0.15, 0.2) is 17.3 Å². The van der Waals surface area contributed by atoms with E-state index in [-0.39, 0.29) is 11.1 Å². The Hall–Kier alpha value is -1.65. The summed E-state index contributed by atoms with van der Waals surface area (Å²) in [5.41, 5.74) is -0.285. The van der Waals surface area contributed by atoms with Crippen LogP contribution in [0.5, 0.6) is 0 Å². The van der Waals surface area contributed by atoms with Crippen LogP contribution < -0.4 is 10.9 Å². The molecule has 1 N–H and O–H groups in total. The van der Waals surface area contributed by atoms with Gasteiger partial charge in [0.25, 0.3) is 11.5 Å². The molecule has 5 nitrogen and oxygen atoms in total. The average molecular weight is 167 g/mol. The molecule has 0 aliphatic carbocycles. The second kappa shape index (κ2) is 3.17. The number of hydrogen-bond donors (Lipinski definition) is 1. The molecular formula is C7H9N3O2. The maximum absolute atomic E-state index is 11.2. The Morgan fingerprint density at radius 1 is 1.67 bits per heavy atom. The molecule has 12 heavy (non-hydrogen) atoms. The smallest absolute Gasteiger partial charge is 0.265 e. The predicted octanol–water partition coefficient (Wildman–Crippen LogP) is -0.860. The fourth-order valence-corrected chi connectivity index (χ4v) is 0.796. The molecule has 0 saturated heterocycles. The van der Waals surface area contributed by atoms with Crippen LogP contribution in [0.2, 0.25) is 0 Å². The molecule has 0 aliphatic heterocycles. The highest BCUT2D eigenvalue weighted by molar-refractivity contribution is 5.93. The van der Waals surface area contributed by atoms with Gasteiger partial charge in [-0.05, 0) is 0 Å². The van der Waals surface area contributed by atoms with E-state index >= 15 is 0 Å². The standard InChI is InChI=1S/C7H9N3O2/c1-8-6(11)5-3-9-4-10(2)7(5)12/h3-4H,1-2H3,(H,8,11). The molecular weight excluding hydrogens is 158 g/mol. The van der Waals surface area contributed by atoms with E-state index in [0.717, 1.165) is 0 Å². The molecule has 0 spiro atoms. The lowest BCUT2D eigenvalue weighted by Crippen LogP contribution is -2.30. The summed E-state index contributed by atoms with van der Waals surface area (Å²) >= 11 is 0. The molecule has 1 heterocycles. The molecule has 64 valence electrons. The molecule has 5 heteroatoms. The van der Waals surface area contributed by atoms with E-state index in [0.29, 0.717) is 0 Å². The summed E-state index contributed by atoms with van der Waals surface area (Å²) in [5.74, 6) is -0.413. The molecule has 0 radical (unpaired) electrons. The fraction of sp³-hybridized carbons (Fsp3) is 0.286. The monoisotopic (exact) mass is 167 g/mol. The van der Waals surface area contributed by atoms with Gasteiger partial charge in [-0.2, -0.15) is 0 Å². The number of hydrogen-bond acceptors (Lipinski definition) is 3. The van der Waals surface area contributed by atoms with Crippen LogP contribution in [-0.4, -0.2) is 22.5 Å². The Labute approximate surface area is 69.0 Å². The van der Waals surface area contributed by atoms with Crippen LogP contribution in [0.1, 0.15) is 10.4 Å². The van der Waals surface area contributed by atoms with Gasteiger partial charge in [-0.15, -0.1) is 0 Å². The Morgan fingerprint density at radius 2 is 2.33 bits per heavy atom. The number of carbonyl (C=O) groups is 1. The van der Waals surface area contributed by atoms with Crippen molar-refractivity contribution in [2.75, 3.05) is 7.05 Å². The first-order chi connectivity index (χ1) is 5.66. The molecule has 0 unspecified atom stereocenters. The van der Waals surface area contributed by atoms with Gasteiger partial charge in [-0.1, -0.05) is 0 Å². The second-order valence-electron chi connectivity index (χ2n) is 2.30. The molecule has 0 atom stereocenters. The minimum atomic E-state index is -0.413. The van der Waals surface area contributed by atoms with Crippen LogP contribution in [0.25, 0.3) is 0 Å². The Kier molecular flexibility index (Phi) is 2.23. The number of aryl methyl sites for hydroxylation is 1. The Bertz CT molecular complexity index is 356. The zero-order valence-electron chi connectivity index (χ0n) is 6.87. The van der Waals surface area contributed by atoms with Crippen molar-refractivity contribution in [3.63, 3.8) is 0 Å². The van der Waals surface area contributed by atoms with E-state index in [1.807, 2.05) is 0 Å². The first-order valence-electron chi connectivity index (χ1n) is 3.39. The average Bonchev–Trinajstić information content (AvgIpc) is 2.08. The van der Waals surface area contributed by atoms with Gasteiger partial charge < -0.3 is 9.88 Å². The van der Waals surface area contributed by atoms with Gasteiger partial charge in [0.2, 0.25) is 0 Å². The van der Waals surface area contributed by atoms with Crippen molar-refractivity contribution in [2.45, 2.75) is 0 Å². The van der Waals surface area contributed by atoms with Crippen LogP contribution in [0.4, 0.5) is 0 Å².